The molecule has 1 N–H and O–H groups in total. The van der Waals surface area contributed by atoms with Crippen LogP contribution in [-0.2, 0) is 17.9 Å². The van der Waals surface area contributed by atoms with Crippen LogP contribution in [0.15, 0.2) is 43.1 Å². The van der Waals surface area contributed by atoms with E-state index in [1.807, 2.05) is 33.8 Å². The molecular formula is C16H19N5O. The Bertz CT molecular complexity index is 760. The fourth-order valence-electron chi connectivity index (χ4n) is 2.47. The number of hydrogen-bond donors (Lipinski definition) is 1. The normalized spacial score (nSPS) is 11.0. The third kappa shape index (κ3) is 3.16. The van der Waals surface area contributed by atoms with Gasteiger partial charge >= 0.3 is 0 Å². The van der Waals surface area contributed by atoms with Crippen molar-refractivity contribution < 1.29 is 4.79 Å². The molecular weight excluding hydrogens is 278 g/mol. The highest BCUT2D eigenvalue weighted by Crippen LogP contribution is 2.17. The Hall–Kier alpha value is -2.63. The number of aryl methyl sites for hydroxylation is 2. The van der Waals surface area contributed by atoms with Crippen LogP contribution in [0.2, 0.25) is 0 Å². The SMILES string of the molecule is Cc1cccc2c1cnn2CCC(=O)NCCn1ccnc1. The Labute approximate surface area is 128 Å². The van der Waals surface area contributed by atoms with Crippen molar-refractivity contribution in [2.45, 2.75) is 26.4 Å². The molecule has 114 valence electrons. The van der Waals surface area contributed by atoms with Crippen molar-refractivity contribution in [3.05, 3.63) is 48.7 Å². The van der Waals surface area contributed by atoms with Gasteiger partial charge in [-0.05, 0) is 18.6 Å². The maximum absolute atomic E-state index is 11.9. The standard InChI is InChI=1S/C16H19N5O/c1-13-3-2-4-15-14(13)11-19-21(15)8-5-16(22)18-7-10-20-9-6-17-12-20/h2-4,6,9,11-12H,5,7-8,10H2,1H3,(H,18,22). The third-order valence-corrected chi connectivity index (χ3v) is 3.71. The number of aromatic nitrogens is 4. The van der Waals surface area contributed by atoms with Gasteiger partial charge in [-0.25, -0.2) is 4.98 Å². The van der Waals surface area contributed by atoms with Crippen LogP contribution >= 0.6 is 0 Å². The summed E-state index contributed by atoms with van der Waals surface area (Å²) in [5.74, 6) is 0.0384. The Morgan fingerprint density at radius 1 is 1.32 bits per heavy atom. The Morgan fingerprint density at radius 3 is 3.05 bits per heavy atom. The second-order valence-corrected chi connectivity index (χ2v) is 5.28. The average Bonchev–Trinajstić information content (AvgIpc) is 3.15. The summed E-state index contributed by atoms with van der Waals surface area (Å²) in [5.41, 5.74) is 2.28. The molecule has 0 atom stereocenters. The third-order valence-electron chi connectivity index (χ3n) is 3.71. The van der Waals surface area contributed by atoms with Gasteiger partial charge in [-0.3, -0.25) is 9.48 Å². The molecule has 0 aliphatic heterocycles. The van der Waals surface area contributed by atoms with Gasteiger partial charge in [-0.15, -0.1) is 0 Å². The minimum absolute atomic E-state index is 0.0384. The zero-order valence-electron chi connectivity index (χ0n) is 12.6. The van der Waals surface area contributed by atoms with Gasteiger partial charge in [0.25, 0.3) is 0 Å². The topological polar surface area (TPSA) is 64.7 Å². The van der Waals surface area contributed by atoms with Crippen molar-refractivity contribution in [3.8, 4) is 0 Å². The van der Waals surface area contributed by atoms with Crippen LogP contribution in [0.25, 0.3) is 10.9 Å². The van der Waals surface area contributed by atoms with Crippen LogP contribution in [0.4, 0.5) is 0 Å². The lowest BCUT2D eigenvalue weighted by atomic mass is 10.1. The van der Waals surface area contributed by atoms with Crippen molar-refractivity contribution in [2.24, 2.45) is 0 Å². The zero-order valence-corrected chi connectivity index (χ0v) is 12.6. The fourth-order valence-corrected chi connectivity index (χ4v) is 2.47. The number of nitrogens with zero attached hydrogens (tertiary/aromatic N) is 4. The lowest BCUT2D eigenvalue weighted by Gasteiger charge is -2.07. The molecule has 3 rings (SSSR count). The molecule has 2 aromatic heterocycles. The van der Waals surface area contributed by atoms with E-state index < -0.39 is 0 Å². The second-order valence-electron chi connectivity index (χ2n) is 5.28. The van der Waals surface area contributed by atoms with E-state index in [0.717, 1.165) is 17.4 Å². The van der Waals surface area contributed by atoms with Gasteiger partial charge in [0, 0.05) is 37.3 Å². The van der Waals surface area contributed by atoms with Crippen LogP contribution in [0.5, 0.6) is 0 Å². The summed E-state index contributed by atoms with van der Waals surface area (Å²) in [5, 5.41) is 8.43. The number of amides is 1. The van der Waals surface area contributed by atoms with Crippen LogP contribution in [0.3, 0.4) is 0 Å². The highest BCUT2D eigenvalue weighted by Gasteiger charge is 2.06. The molecule has 0 saturated carbocycles. The average molecular weight is 297 g/mol. The molecule has 2 heterocycles. The molecule has 0 unspecified atom stereocenters. The maximum Gasteiger partial charge on any atom is 0.221 e. The van der Waals surface area contributed by atoms with Gasteiger partial charge in [0.2, 0.25) is 5.91 Å². The van der Waals surface area contributed by atoms with E-state index in [2.05, 4.69) is 28.4 Å². The minimum atomic E-state index is 0.0384. The smallest absolute Gasteiger partial charge is 0.221 e. The summed E-state index contributed by atoms with van der Waals surface area (Å²) >= 11 is 0. The number of carbonyl (C=O) groups excluding carboxylic acids is 1. The van der Waals surface area contributed by atoms with Gasteiger partial charge in [0.05, 0.1) is 24.6 Å². The Balaban J connectivity index is 1.51. The largest absolute Gasteiger partial charge is 0.354 e. The molecule has 0 spiro atoms. The van der Waals surface area contributed by atoms with E-state index >= 15 is 0 Å². The first-order valence-electron chi connectivity index (χ1n) is 7.37. The fraction of sp³-hybridized carbons (Fsp3) is 0.312. The summed E-state index contributed by atoms with van der Waals surface area (Å²) in [7, 11) is 0. The predicted molar refractivity (Wildman–Crippen MR) is 84.3 cm³/mol. The summed E-state index contributed by atoms with van der Waals surface area (Å²) in [6.45, 7) is 3.99. The molecule has 1 aromatic carbocycles. The molecule has 1 amide bonds. The van der Waals surface area contributed by atoms with E-state index in [4.69, 9.17) is 0 Å². The van der Waals surface area contributed by atoms with Gasteiger partial charge in [-0.2, -0.15) is 5.10 Å². The first kappa shape index (κ1) is 14.3. The van der Waals surface area contributed by atoms with E-state index in [-0.39, 0.29) is 5.91 Å². The number of fused-ring (bicyclic) bond motifs is 1. The monoisotopic (exact) mass is 297 g/mol. The van der Waals surface area contributed by atoms with Crippen LogP contribution in [-0.4, -0.2) is 31.8 Å². The number of benzene rings is 1. The molecule has 0 bridgehead atoms. The maximum atomic E-state index is 11.9. The molecule has 3 aromatic rings. The summed E-state index contributed by atoms with van der Waals surface area (Å²) < 4.78 is 3.82. The van der Waals surface area contributed by atoms with Gasteiger partial charge in [0.15, 0.2) is 0 Å². The van der Waals surface area contributed by atoms with Crippen molar-refractivity contribution in [3.63, 3.8) is 0 Å². The van der Waals surface area contributed by atoms with Gasteiger partial charge < -0.3 is 9.88 Å². The first-order valence-corrected chi connectivity index (χ1v) is 7.37. The van der Waals surface area contributed by atoms with E-state index in [9.17, 15) is 4.79 Å². The van der Waals surface area contributed by atoms with Crippen LogP contribution in [0, 0.1) is 6.92 Å². The summed E-state index contributed by atoms with van der Waals surface area (Å²) in [6, 6.07) is 6.12. The molecule has 6 nitrogen and oxygen atoms in total. The van der Waals surface area contributed by atoms with Crippen molar-refractivity contribution in [1.82, 2.24) is 24.6 Å². The lowest BCUT2D eigenvalue weighted by Crippen LogP contribution is -2.27. The number of rotatable bonds is 6. The predicted octanol–water partition coefficient (Wildman–Crippen LogP) is 1.75. The number of nitrogens with one attached hydrogen (secondary N) is 1. The zero-order chi connectivity index (χ0) is 15.4. The molecule has 0 saturated heterocycles. The molecule has 0 aliphatic rings. The van der Waals surface area contributed by atoms with Crippen molar-refractivity contribution >= 4 is 16.8 Å². The highest BCUT2D eigenvalue weighted by atomic mass is 16.1. The molecule has 0 fully saturated rings. The number of imidazole rings is 1. The van der Waals surface area contributed by atoms with Crippen molar-refractivity contribution in [2.75, 3.05) is 6.54 Å². The van der Waals surface area contributed by atoms with E-state index in [1.165, 1.54) is 5.56 Å². The Kier molecular flexibility index (Phi) is 4.18. The molecule has 22 heavy (non-hydrogen) atoms. The van der Waals surface area contributed by atoms with Crippen LogP contribution in [0.1, 0.15) is 12.0 Å². The summed E-state index contributed by atoms with van der Waals surface area (Å²) in [4.78, 5) is 15.9. The van der Waals surface area contributed by atoms with Gasteiger partial charge in [-0.1, -0.05) is 12.1 Å². The van der Waals surface area contributed by atoms with Crippen LogP contribution < -0.4 is 5.32 Å². The quantitative estimate of drug-likeness (QED) is 0.754. The first-order chi connectivity index (χ1) is 10.7. The summed E-state index contributed by atoms with van der Waals surface area (Å²) in [6.07, 6.45) is 7.64. The number of hydrogen-bond acceptors (Lipinski definition) is 3. The van der Waals surface area contributed by atoms with Crippen molar-refractivity contribution in [1.29, 1.82) is 0 Å². The number of carbonyl (C=O) groups is 1. The second kappa shape index (κ2) is 6.43. The van der Waals surface area contributed by atoms with E-state index in [1.54, 1.807) is 12.5 Å². The van der Waals surface area contributed by atoms with Gasteiger partial charge in [0.1, 0.15) is 0 Å². The lowest BCUT2D eigenvalue weighted by molar-refractivity contribution is -0.121. The minimum Gasteiger partial charge on any atom is -0.354 e. The molecule has 0 radical (unpaired) electrons. The Morgan fingerprint density at radius 2 is 2.23 bits per heavy atom. The van der Waals surface area contributed by atoms with E-state index in [0.29, 0.717) is 19.5 Å². The molecule has 6 heteroatoms. The highest BCUT2D eigenvalue weighted by molar-refractivity contribution is 5.82. The molecule has 0 aliphatic carbocycles.